The highest BCUT2D eigenvalue weighted by Crippen LogP contribution is 2.32. The average molecular weight is 542 g/mol. The molecule has 2 N–H and O–H groups in total. The zero-order valence-corrected chi connectivity index (χ0v) is 23.4. The Morgan fingerprint density at radius 3 is 2.38 bits per heavy atom. The number of hydrogen-bond donors (Lipinski definition) is 2. The molecule has 3 aromatic rings. The van der Waals surface area contributed by atoms with Crippen molar-refractivity contribution in [2.75, 3.05) is 17.0 Å². The second-order valence-corrected chi connectivity index (χ2v) is 11.0. The molecule has 10 heteroatoms. The smallest absolute Gasteiger partial charge is 0.440 e. The van der Waals surface area contributed by atoms with Crippen LogP contribution in [0.5, 0.6) is 5.75 Å². The molecular formula is C29H36FN3O6. The molecule has 0 aliphatic rings. The predicted molar refractivity (Wildman–Crippen MR) is 147 cm³/mol. The van der Waals surface area contributed by atoms with E-state index in [-0.39, 0.29) is 11.4 Å². The number of nitrogens with one attached hydrogen (secondary N) is 1. The van der Waals surface area contributed by atoms with Crippen LogP contribution in [0.3, 0.4) is 0 Å². The molecule has 1 heterocycles. The highest BCUT2D eigenvalue weighted by Gasteiger charge is 2.31. The lowest BCUT2D eigenvalue weighted by molar-refractivity contribution is -0.138. The van der Waals surface area contributed by atoms with Gasteiger partial charge in [-0.25, -0.2) is 19.0 Å². The van der Waals surface area contributed by atoms with Gasteiger partial charge in [0.1, 0.15) is 17.2 Å². The minimum absolute atomic E-state index is 0.0544. The molecule has 0 saturated heterocycles. The molecule has 39 heavy (non-hydrogen) atoms. The molecule has 1 aromatic heterocycles. The lowest BCUT2D eigenvalue weighted by atomic mass is 10.0. The van der Waals surface area contributed by atoms with Gasteiger partial charge in [-0.2, -0.15) is 0 Å². The summed E-state index contributed by atoms with van der Waals surface area (Å²) in [5, 5.41) is 15.0. The Morgan fingerprint density at radius 2 is 1.77 bits per heavy atom. The summed E-state index contributed by atoms with van der Waals surface area (Å²) in [6.45, 7) is 13.0. The van der Waals surface area contributed by atoms with E-state index in [4.69, 9.17) is 14.3 Å². The standard InChI is InChI=1S/C29H36FN3O6/c1-8-15-37-20-10-12-23(30)22(17-20)24(26(34)35)32-19-9-11-21-18(16-19)13-14-31-25(21)33(39-29(5,6)7)27(36)38-28(2,3)4/h9-14,16-17,24,32H,8,15H2,1-7H3,(H,34,35). The van der Waals surface area contributed by atoms with Crippen molar-refractivity contribution < 1.29 is 33.4 Å². The largest absolute Gasteiger partial charge is 0.494 e. The van der Waals surface area contributed by atoms with E-state index in [0.717, 1.165) is 11.5 Å². The van der Waals surface area contributed by atoms with Crippen molar-refractivity contribution in [2.24, 2.45) is 0 Å². The van der Waals surface area contributed by atoms with E-state index < -0.39 is 35.1 Å². The lowest BCUT2D eigenvalue weighted by Gasteiger charge is -2.31. The Labute approximate surface area is 227 Å². The van der Waals surface area contributed by atoms with Crippen molar-refractivity contribution in [3.63, 3.8) is 0 Å². The molecule has 0 radical (unpaired) electrons. The molecule has 1 amide bonds. The van der Waals surface area contributed by atoms with Gasteiger partial charge in [0.25, 0.3) is 0 Å². The Bertz CT molecular complexity index is 1330. The number of hydrogen-bond acceptors (Lipinski definition) is 7. The van der Waals surface area contributed by atoms with Crippen LogP contribution < -0.4 is 15.1 Å². The summed E-state index contributed by atoms with van der Waals surface area (Å²) in [6.07, 6.45) is 1.53. The Kier molecular flexibility index (Phi) is 9.01. The van der Waals surface area contributed by atoms with E-state index in [1.807, 2.05) is 6.92 Å². The van der Waals surface area contributed by atoms with Gasteiger partial charge in [0.15, 0.2) is 11.9 Å². The Hall–Kier alpha value is -3.92. The molecular weight excluding hydrogens is 505 g/mol. The van der Waals surface area contributed by atoms with Gasteiger partial charge in [-0.15, -0.1) is 5.06 Å². The fourth-order valence-corrected chi connectivity index (χ4v) is 3.65. The van der Waals surface area contributed by atoms with Crippen LogP contribution in [-0.2, 0) is 14.4 Å². The fourth-order valence-electron chi connectivity index (χ4n) is 3.65. The number of anilines is 2. The van der Waals surface area contributed by atoms with Gasteiger partial charge in [0.2, 0.25) is 0 Å². The average Bonchev–Trinajstić information content (AvgIpc) is 2.83. The summed E-state index contributed by atoms with van der Waals surface area (Å²) >= 11 is 0. The number of carbonyl (C=O) groups is 2. The number of aromatic nitrogens is 1. The highest BCUT2D eigenvalue weighted by molar-refractivity contribution is 6.00. The van der Waals surface area contributed by atoms with Crippen molar-refractivity contribution in [1.29, 1.82) is 0 Å². The van der Waals surface area contributed by atoms with E-state index in [9.17, 15) is 19.1 Å². The number of carbonyl (C=O) groups excluding carboxylic acids is 1. The fraction of sp³-hybridized carbons (Fsp3) is 0.414. The van der Waals surface area contributed by atoms with Crippen molar-refractivity contribution in [1.82, 2.24) is 4.98 Å². The van der Waals surface area contributed by atoms with Crippen LogP contribution in [0.2, 0.25) is 0 Å². The number of benzene rings is 2. The third kappa shape index (κ3) is 8.03. The van der Waals surface area contributed by atoms with Crippen molar-refractivity contribution in [2.45, 2.75) is 72.1 Å². The Morgan fingerprint density at radius 1 is 1.05 bits per heavy atom. The van der Waals surface area contributed by atoms with Crippen LogP contribution in [0.1, 0.15) is 66.5 Å². The van der Waals surface area contributed by atoms with Gasteiger partial charge < -0.3 is 19.9 Å². The number of aliphatic carboxylic acids is 1. The van der Waals surface area contributed by atoms with Crippen molar-refractivity contribution in [3.8, 4) is 5.75 Å². The van der Waals surface area contributed by atoms with E-state index in [0.29, 0.717) is 28.8 Å². The van der Waals surface area contributed by atoms with Crippen LogP contribution in [0.15, 0.2) is 48.7 Å². The molecule has 210 valence electrons. The number of halogens is 1. The molecule has 0 spiro atoms. The minimum atomic E-state index is -1.38. The molecule has 0 aliphatic heterocycles. The molecule has 1 atom stereocenters. The minimum Gasteiger partial charge on any atom is -0.494 e. The quantitative estimate of drug-likeness (QED) is 0.282. The molecule has 2 aromatic carbocycles. The zero-order chi connectivity index (χ0) is 29.0. The van der Waals surface area contributed by atoms with Gasteiger partial charge in [-0.3, -0.25) is 4.84 Å². The first-order valence-corrected chi connectivity index (χ1v) is 12.7. The molecule has 0 bridgehead atoms. The number of carboxylic acids is 1. The Balaban J connectivity index is 1.99. The number of nitrogens with zero attached hydrogens (tertiary/aromatic N) is 2. The van der Waals surface area contributed by atoms with Gasteiger partial charge >= 0.3 is 12.1 Å². The van der Waals surface area contributed by atoms with Crippen molar-refractivity contribution in [3.05, 3.63) is 60.0 Å². The number of hydroxylamine groups is 1. The van der Waals surface area contributed by atoms with Gasteiger partial charge in [0.05, 0.1) is 12.2 Å². The van der Waals surface area contributed by atoms with Gasteiger partial charge in [-0.1, -0.05) is 6.92 Å². The molecule has 0 fully saturated rings. The first kappa shape index (κ1) is 29.6. The number of ether oxygens (including phenoxy) is 2. The van der Waals surface area contributed by atoms with Crippen LogP contribution in [0.4, 0.5) is 20.7 Å². The SMILES string of the molecule is CCCOc1ccc(F)c(C(Nc2ccc3c(N(OC(C)(C)C)C(=O)OC(C)(C)C)nccc3c2)C(=O)O)c1. The summed E-state index contributed by atoms with van der Waals surface area (Å²) < 4.78 is 25.8. The van der Waals surface area contributed by atoms with Crippen LogP contribution in [0.25, 0.3) is 10.8 Å². The molecule has 0 aliphatic carbocycles. The maximum Gasteiger partial charge on any atom is 0.440 e. The zero-order valence-electron chi connectivity index (χ0n) is 23.4. The maximum absolute atomic E-state index is 14.7. The summed E-state index contributed by atoms with van der Waals surface area (Å²) in [4.78, 5) is 35.5. The predicted octanol–water partition coefficient (Wildman–Crippen LogP) is 6.87. The highest BCUT2D eigenvalue weighted by atomic mass is 19.1. The number of carboxylic acid groups (broad SMARTS) is 1. The third-order valence-electron chi connectivity index (χ3n) is 5.17. The number of fused-ring (bicyclic) bond motifs is 1. The number of amides is 1. The van der Waals surface area contributed by atoms with Crippen molar-refractivity contribution >= 4 is 34.3 Å². The van der Waals surface area contributed by atoms with E-state index in [2.05, 4.69) is 10.3 Å². The summed E-state index contributed by atoms with van der Waals surface area (Å²) in [7, 11) is 0. The summed E-state index contributed by atoms with van der Waals surface area (Å²) in [6, 6.07) is 9.38. The van der Waals surface area contributed by atoms with E-state index >= 15 is 0 Å². The normalized spacial score (nSPS) is 12.6. The third-order valence-corrected chi connectivity index (χ3v) is 5.17. The monoisotopic (exact) mass is 541 g/mol. The molecule has 0 saturated carbocycles. The number of pyridine rings is 1. The van der Waals surface area contributed by atoms with E-state index in [1.165, 1.54) is 24.4 Å². The molecule has 1 unspecified atom stereocenters. The first-order valence-electron chi connectivity index (χ1n) is 12.7. The molecule has 9 nitrogen and oxygen atoms in total. The van der Waals surface area contributed by atoms with Crippen LogP contribution >= 0.6 is 0 Å². The summed E-state index contributed by atoms with van der Waals surface area (Å²) in [5.74, 6) is -1.33. The second kappa shape index (κ2) is 11.9. The van der Waals surface area contributed by atoms with Gasteiger partial charge in [-0.05, 0) is 95.8 Å². The van der Waals surface area contributed by atoms with Crippen LogP contribution in [-0.4, -0.2) is 40.0 Å². The second-order valence-electron chi connectivity index (χ2n) is 11.0. The topological polar surface area (TPSA) is 110 Å². The lowest BCUT2D eigenvalue weighted by Crippen LogP contribution is -2.42. The van der Waals surface area contributed by atoms with Crippen LogP contribution in [0, 0.1) is 5.82 Å². The summed E-state index contributed by atoms with van der Waals surface area (Å²) in [5.41, 5.74) is -1.14. The van der Waals surface area contributed by atoms with E-state index in [1.54, 1.807) is 65.8 Å². The maximum atomic E-state index is 14.7. The number of rotatable bonds is 9. The molecule has 3 rings (SSSR count). The van der Waals surface area contributed by atoms with Gasteiger partial charge in [0, 0.05) is 22.8 Å². The first-order chi connectivity index (χ1) is 18.2.